The zero-order valence-electron chi connectivity index (χ0n) is 8.62. The monoisotopic (exact) mass is 201 g/mol. The summed E-state index contributed by atoms with van der Waals surface area (Å²) in [6.07, 6.45) is 3.15. The predicted octanol–water partition coefficient (Wildman–Crippen LogP) is 0.602. The van der Waals surface area contributed by atoms with Gasteiger partial charge in [-0.3, -0.25) is 4.79 Å². The molecule has 1 saturated carbocycles. The summed E-state index contributed by atoms with van der Waals surface area (Å²) in [4.78, 5) is 11.2. The van der Waals surface area contributed by atoms with Crippen molar-refractivity contribution < 1.29 is 15.0 Å². The molecule has 0 aromatic carbocycles. The molecule has 82 valence electrons. The van der Waals surface area contributed by atoms with Gasteiger partial charge in [-0.2, -0.15) is 0 Å². The molecule has 1 atom stereocenters. The van der Waals surface area contributed by atoms with E-state index < -0.39 is 11.5 Å². The molecular formula is C10H19NO3. The first-order valence-electron chi connectivity index (χ1n) is 5.26. The fourth-order valence-electron chi connectivity index (χ4n) is 1.89. The van der Waals surface area contributed by atoms with Crippen molar-refractivity contribution in [3.8, 4) is 0 Å². The van der Waals surface area contributed by atoms with Crippen molar-refractivity contribution in [2.75, 3.05) is 13.2 Å². The summed E-state index contributed by atoms with van der Waals surface area (Å²) in [6.45, 7) is 2.63. The van der Waals surface area contributed by atoms with Gasteiger partial charge in [0.25, 0.3) is 0 Å². The molecule has 4 heteroatoms. The van der Waals surface area contributed by atoms with Crippen LogP contribution in [0.1, 0.15) is 32.6 Å². The van der Waals surface area contributed by atoms with E-state index in [1.807, 2.05) is 6.92 Å². The summed E-state index contributed by atoms with van der Waals surface area (Å²) >= 11 is 0. The van der Waals surface area contributed by atoms with Crippen molar-refractivity contribution in [1.82, 2.24) is 5.32 Å². The van der Waals surface area contributed by atoms with Gasteiger partial charge < -0.3 is 15.5 Å². The van der Waals surface area contributed by atoms with Crippen molar-refractivity contribution in [1.29, 1.82) is 0 Å². The Labute approximate surface area is 84.3 Å². The van der Waals surface area contributed by atoms with Crippen LogP contribution in [0.5, 0.6) is 0 Å². The highest BCUT2D eigenvalue weighted by Crippen LogP contribution is 2.41. The summed E-state index contributed by atoms with van der Waals surface area (Å²) in [5.41, 5.74) is -0.870. The Hall–Kier alpha value is -0.610. The molecule has 0 spiro atoms. The highest BCUT2D eigenvalue weighted by atomic mass is 16.4. The number of carboxylic acid groups (broad SMARTS) is 1. The van der Waals surface area contributed by atoms with E-state index >= 15 is 0 Å². The lowest BCUT2D eigenvalue weighted by atomic mass is 9.89. The molecule has 0 aromatic rings. The molecule has 0 radical (unpaired) electrons. The number of carboxylic acids is 1. The van der Waals surface area contributed by atoms with Crippen LogP contribution >= 0.6 is 0 Å². The number of nitrogens with one attached hydrogen (secondary N) is 1. The third-order valence-corrected chi connectivity index (χ3v) is 2.85. The fraction of sp³-hybridized carbons (Fsp3) is 0.900. The van der Waals surface area contributed by atoms with Gasteiger partial charge in [-0.15, -0.1) is 0 Å². The Bertz CT molecular complexity index is 204. The zero-order valence-corrected chi connectivity index (χ0v) is 8.62. The van der Waals surface area contributed by atoms with Gasteiger partial charge in [-0.1, -0.05) is 6.92 Å². The molecule has 1 fully saturated rings. The fourth-order valence-corrected chi connectivity index (χ4v) is 1.89. The van der Waals surface area contributed by atoms with Crippen molar-refractivity contribution in [2.24, 2.45) is 5.92 Å². The smallest absolute Gasteiger partial charge is 0.324 e. The maximum Gasteiger partial charge on any atom is 0.324 e. The van der Waals surface area contributed by atoms with Crippen LogP contribution in [0.15, 0.2) is 0 Å². The van der Waals surface area contributed by atoms with Crippen molar-refractivity contribution in [3.05, 3.63) is 0 Å². The van der Waals surface area contributed by atoms with E-state index in [-0.39, 0.29) is 12.5 Å². The molecule has 1 rings (SSSR count). The minimum atomic E-state index is -0.870. The Morgan fingerprint density at radius 3 is 2.57 bits per heavy atom. The third-order valence-electron chi connectivity index (χ3n) is 2.85. The van der Waals surface area contributed by atoms with E-state index in [4.69, 9.17) is 5.11 Å². The van der Waals surface area contributed by atoms with Crippen LogP contribution in [0.3, 0.4) is 0 Å². The average molecular weight is 201 g/mol. The topological polar surface area (TPSA) is 69.6 Å². The van der Waals surface area contributed by atoms with E-state index in [0.29, 0.717) is 13.0 Å². The van der Waals surface area contributed by atoms with Crippen LogP contribution in [0, 0.1) is 5.92 Å². The summed E-state index contributed by atoms with van der Waals surface area (Å²) in [6, 6.07) is 0. The van der Waals surface area contributed by atoms with Gasteiger partial charge in [0, 0.05) is 6.61 Å². The third kappa shape index (κ3) is 2.25. The van der Waals surface area contributed by atoms with Crippen molar-refractivity contribution in [2.45, 2.75) is 38.1 Å². The number of carbonyl (C=O) groups is 1. The Morgan fingerprint density at radius 2 is 2.21 bits per heavy atom. The van der Waals surface area contributed by atoms with E-state index in [1.54, 1.807) is 0 Å². The molecule has 4 nitrogen and oxygen atoms in total. The molecule has 0 saturated heterocycles. The second-order valence-corrected chi connectivity index (χ2v) is 3.95. The first-order chi connectivity index (χ1) is 6.67. The average Bonchev–Trinajstić information content (AvgIpc) is 2.95. The molecule has 0 bridgehead atoms. The zero-order chi connectivity index (χ0) is 10.6. The Kier molecular flexibility index (Phi) is 3.89. The lowest BCUT2D eigenvalue weighted by Crippen LogP contribution is -2.54. The Balaban J connectivity index is 2.67. The molecule has 1 aliphatic rings. The first kappa shape index (κ1) is 11.5. The minimum absolute atomic E-state index is 0.0699. The number of aliphatic hydroxyl groups excluding tert-OH is 1. The lowest BCUT2D eigenvalue weighted by Gasteiger charge is -2.30. The molecule has 0 aromatic heterocycles. The highest BCUT2D eigenvalue weighted by Gasteiger charge is 2.50. The Morgan fingerprint density at radius 1 is 1.57 bits per heavy atom. The van der Waals surface area contributed by atoms with Crippen LogP contribution in [-0.2, 0) is 4.79 Å². The van der Waals surface area contributed by atoms with E-state index in [2.05, 4.69) is 5.32 Å². The molecule has 3 N–H and O–H groups in total. The SMILES string of the molecule is CCCN[C@@](CCO)(C(=O)O)C1CC1. The largest absolute Gasteiger partial charge is 0.480 e. The van der Waals surface area contributed by atoms with Crippen LogP contribution in [-0.4, -0.2) is 34.9 Å². The van der Waals surface area contributed by atoms with Gasteiger partial charge in [0.15, 0.2) is 0 Å². The van der Waals surface area contributed by atoms with Gasteiger partial charge in [0.05, 0.1) is 0 Å². The number of rotatable bonds is 7. The molecule has 0 heterocycles. The van der Waals surface area contributed by atoms with Crippen LogP contribution < -0.4 is 5.32 Å². The van der Waals surface area contributed by atoms with E-state index in [9.17, 15) is 9.90 Å². The molecule has 1 aliphatic carbocycles. The van der Waals surface area contributed by atoms with Gasteiger partial charge in [0.1, 0.15) is 5.54 Å². The molecule has 0 unspecified atom stereocenters. The standard InChI is InChI=1S/C10H19NO3/c1-2-6-11-10(5-7-12,9(13)14)8-3-4-8/h8,11-12H,2-7H2,1H3,(H,13,14)/t10-/m1/s1. The van der Waals surface area contributed by atoms with E-state index in [0.717, 1.165) is 19.3 Å². The molecule has 0 aliphatic heterocycles. The van der Waals surface area contributed by atoms with Gasteiger partial charge >= 0.3 is 5.97 Å². The lowest BCUT2D eigenvalue weighted by molar-refractivity contribution is -0.146. The highest BCUT2D eigenvalue weighted by molar-refractivity contribution is 5.79. The number of hydrogen-bond acceptors (Lipinski definition) is 3. The van der Waals surface area contributed by atoms with Crippen molar-refractivity contribution in [3.63, 3.8) is 0 Å². The number of hydrogen-bond donors (Lipinski definition) is 3. The molecule has 14 heavy (non-hydrogen) atoms. The number of aliphatic carboxylic acids is 1. The molecular weight excluding hydrogens is 182 g/mol. The number of aliphatic hydroxyl groups is 1. The molecule has 0 amide bonds. The quantitative estimate of drug-likeness (QED) is 0.564. The van der Waals surface area contributed by atoms with E-state index in [1.165, 1.54) is 0 Å². The minimum Gasteiger partial charge on any atom is -0.480 e. The normalized spacial score (nSPS) is 20.4. The second-order valence-electron chi connectivity index (χ2n) is 3.95. The summed E-state index contributed by atoms with van der Waals surface area (Å²) in [5.74, 6) is -0.610. The van der Waals surface area contributed by atoms with Crippen molar-refractivity contribution >= 4 is 5.97 Å². The maximum atomic E-state index is 11.2. The first-order valence-corrected chi connectivity index (χ1v) is 5.26. The van der Waals surface area contributed by atoms with Gasteiger partial charge in [-0.05, 0) is 38.1 Å². The van der Waals surface area contributed by atoms with Crippen LogP contribution in [0.25, 0.3) is 0 Å². The summed E-state index contributed by atoms with van der Waals surface area (Å²) < 4.78 is 0. The maximum absolute atomic E-state index is 11.2. The van der Waals surface area contributed by atoms with Crippen LogP contribution in [0.4, 0.5) is 0 Å². The summed E-state index contributed by atoms with van der Waals surface area (Å²) in [5, 5.41) is 21.2. The van der Waals surface area contributed by atoms with Gasteiger partial charge in [0.2, 0.25) is 0 Å². The summed E-state index contributed by atoms with van der Waals surface area (Å²) in [7, 11) is 0. The van der Waals surface area contributed by atoms with Gasteiger partial charge in [-0.25, -0.2) is 0 Å². The van der Waals surface area contributed by atoms with Crippen LogP contribution in [0.2, 0.25) is 0 Å². The second kappa shape index (κ2) is 4.75. The predicted molar refractivity (Wildman–Crippen MR) is 53.1 cm³/mol.